The van der Waals surface area contributed by atoms with Crippen molar-refractivity contribution in [3.8, 4) is 24.0 Å². The molecule has 0 aliphatic carbocycles. The molecule has 0 fully saturated rings. The molecular weight excluding hydrogens is 543 g/mol. The molecule has 0 N–H and O–H groups in total. The van der Waals surface area contributed by atoms with Crippen molar-refractivity contribution in [1.29, 1.82) is 10.5 Å². The molecule has 0 unspecified atom stereocenters. The Morgan fingerprint density at radius 1 is 0.675 bits per heavy atom. The van der Waals surface area contributed by atoms with E-state index < -0.39 is 0 Å². The molecule has 4 aromatic rings. The number of nitrogens with zero attached hydrogens (tertiary/aromatic N) is 4. The van der Waals surface area contributed by atoms with Crippen LogP contribution in [-0.4, -0.2) is 21.5 Å². The number of aromatic nitrogens is 2. The summed E-state index contributed by atoms with van der Waals surface area (Å²) in [7, 11) is 0. The van der Waals surface area contributed by atoms with Gasteiger partial charge in [0.15, 0.2) is 23.0 Å². The molecule has 0 aliphatic heterocycles. The molecule has 196 valence electrons. The van der Waals surface area contributed by atoms with Crippen LogP contribution < -0.4 is 0 Å². The number of benzene rings is 2. The molecule has 0 radical (unpaired) electrons. The molecule has 2 aromatic heterocycles. The average Bonchev–Trinajstić information content (AvgIpc) is 2.96. The van der Waals surface area contributed by atoms with Crippen LogP contribution in [0.5, 0.6) is 0 Å². The van der Waals surface area contributed by atoms with Crippen molar-refractivity contribution < 1.29 is 9.59 Å². The van der Waals surface area contributed by atoms with E-state index in [1.807, 2.05) is 36.4 Å². The predicted octanol–water partition coefficient (Wildman–Crippen LogP) is 6.80. The number of pyridine rings is 2. The maximum atomic E-state index is 11.2. The molecule has 2 aromatic carbocycles. The van der Waals surface area contributed by atoms with Gasteiger partial charge in [-0.05, 0) is 62.1 Å². The smallest absolute Gasteiger partial charge is 0.159 e. The van der Waals surface area contributed by atoms with Crippen LogP contribution in [0.2, 0.25) is 10.0 Å². The molecule has 6 nitrogen and oxygen atoms in total. The zero-order valence-corrected chi connectivity index (χ0v) is 23.2. The molecule has 0 atom stereocenters. The molecule has 0 spiro atoms. The number of halogens is 2. The Morgan fingerprint density at radius 3 is 1.65 bits per heavy atom. The Balaban J connectivity index is 0.000000220. The monoisotopic (exact) mass is 564 g/mol. The minimum absolute atomic E-state index is 0.0209. The predicted molar refractivity (Wildman–Crippen MR) is 154 cm³/mol. The van der Waals surface area contributed by atoms with E-state index >= 15 is 0 Å². The van der Waals surface area contributed by atoms with E-state index in [-0.39, 0.29) is 28.0 Å². The van der Waals surface area contributed by atoms with Gasteiger partial charge in [0.1, 0.15) is 12.1 Å². The van der Waals surface area contributed by atoms with E-state index in [2.05, 4.69) is 21.8 Å². The lowest BCUT2D eigenvalue weighted by molar-refractivity contribution is 0.100. The van der Waals surface area contributed by atoms with Gasteiger partial charge in [-0.1, -0.05) is 71.4 Å². The van der Waals surface area contributed by atoms with Crippen LogP contribution in [0.15, 0.2) is 73.1 Å². The quantitative estimate of drug-likeness (QED) is 0.195. The molecule has 8 heteroatoms. The van der Waals surface area contributed by atoms with Crippen molar-refractivity contribution in [2.45, 2.75) is 26.7 Å². The first-order valence-corrected chi connectivity index (χ1v) is 12.8. The van der Waals surface area contributed by atoms with Gasteiger partial charge in [0.05, 0.1) is 10.0 Å². The highest BCUT2D eigenvalue weighted by Crippen LogP contribution is 2.17. The van der Waals surface area contributed by atoms with E-state index in [0.29, 0.717) is 16.1 Å². The normalized spacial score (nSPS) is 9.65. The number of ketones is 2. The van der Waals surface area contributed by atoms with Crippen LogP contribution in [-0.2, 0) is 12.8 Å². The average molecular weight is 565 g/mol. The number of rotatable bonds is 5. The van der Waals surface area contributed by atoms with Crippen molar-refractivity contribution >= 4 is 34.8 Å². The van der Waals surface area contributed by atoms with E-state index in [0.717, 1.165) is 35.1 Å². The molecule has 4 rings (SSSR count). The minimum Gasteiger partial charge on any atom is -0.295 e. The Hall–Kier alpha value is -4.80. The first kappa shape index (κ1) is 29.8. The summed E-state index contributed by atoms with van der Waals surface area (Å²) in [5.74, 6) is 5.95. The second-order valence-electron chi connectivity index (χ2n) is 8.59. The fourth-order valence-electron chi connectivity index (χ4n) is 3.41. The highest BCUT2D eigenvalue weighted by atomic mass is 35.5. The van der Waals surface area contributed by atoms with Crippen molar-refractivity contribution in [3.05, 3.63) is 128 Å². The van der Waals surface area contributed by atoms with Crippen LogP contribution in [0.4, 0.5) is 0 Å². The standard InChI is InChI=1S/C16H13ClN2O.C16H9ClN2O/c2*1-11(20)14-6-4-12(5-7-14)2-3-13-8-15(17)16(9-18)19-10-13/h4-8,10H,2-3H2,1H3;4-8,10H,1H3. The van der Waals surface area contributed by atoms with Crippen LogP contribution in [0.25, 0.3) is 0 Å². The van der Waals surface area contributed by atoms with Gasteiger partial charge >= 0.3 is 0 Å². The van der Waals surface area contributed by atoms with Crippen LogP contribution >= 0.6 is 23.2 Å². The molecule has 2 heterocycles. The second kappa shape index (κ2) is 14.4. The summed E-state index contributed by atoms with van der Waals surface area (Å²) in [6, 6.07) is 21.8. The lowest BCUT2D eigenvalue weighted by Gasteiger charge is -2.04. The van der Waals surface area contributed by atoms with Gasteiger partial charge in [-0.25, -0.2) is 9.97 Å². The first-order valence-electron chi connectivity index (χ1n) is 12.0. The van der Waals surface area contributed by atoms with Gasteiger partial charge in [0.2, 0.25) is 0 Å². The zero-order chi connectivity index (χ0) is 29.1. The third-order valence-electron chi connectivity index (χ3n) is 5.66. The number of aryl methyl sites for hydroxylation is 2. The summed E-state index contributed by atoms with van der Waals surface area (Å²) in [5.41, 5.74) is 5.36. The molecule has 0 saturated heterocycles. The number of nitriles is 2. The second-order valence-corrected chi connectivity index (χ2v) is 9.40. The SMILES string of the molecule is CC(=O)c1ccc(C#Cc2cnc(C#N)c(Cl)c2)cc1.CC(=O)c1ccc(CCc2cnc(C#N)c(Cl)c2)cc1. The van der Waals surface area contributed by atoms with Crippen LogP contribution in [0.1, 0.15) is 68.2 Å². The van der Waals surface area contributed by atoms with Crippen molar-refractivity contribution in [1.82, 2.24) is 9.97 Å². The Bertz CT molecular complexity index is 1690. The van der Waals surface area contributed by atoms with Crippen molar-refractivity contribution in [3.63, 3.8) is 0 Å². The number of Topliss-reactive ketones (excluding diaryl/α,β-unsaturated/α-hetero) is 2. The lowest BCUT2D eigenvalue weighted by Crippen LogP contribution is -1.96. The molecule has 0 saturated carbocycles. The fraction of sp³-hybridized carbons (Fsp3) is 0.125. The van der Waals surface area contributed by atoms with Crippen molar-refractivity contribution in [2.24, 2.45) is 0 Å². The Labute approximate surface area is 242 Å². The number of hydrogen-bond acceptors (Lipinski definition) is 6. The maximum Gasteiger partial charge on any atom is 0.159 e. The van der Waals surface area contributed by atoms with E-state index in [1.165, 1.54) is 13.1 Å². The summed E-state index contributed by atoms with van der Waals surface area (Å²) in [5, 5.41) is 18.2. The molecule has 0 aliphatic rings. The zero-order valence-electron chi connectivity index (χ0n) is 21.7. The van der Waals surface area contributed by atoms with E-state index in [9.17, 15) is 9.59 Å². The topological polar surface area (TPSA) is 108 Å². The summed E-state index contributed by atoms with van der Waals surface area (Å²) >= 11 is 11.8. The van der Waals surface area contributed by atoms with E-state index in [1.54, 1.807) is 49.5 Å². The van der Waals surface area contributed by atoms with Crippen LogP contribution in [0, 0.1) is 34.5 Å². The van der Waals surface area contributed by atoms with Gasteiger partial charge in [-0.3, -0.25) is 9.59 Å². The summed E-state index contributed by atoms with van der Waals surface area (Å²) < 4.78 is 0. The third kappa shape index (κ3) is 8.62. The summed E-state index contributed by atoms with van der Waals surface area (Å²) in [6.45, 7) is 3.07. The molecular formula is C32H22Cl2N4O2. The highest BCUT2D eigenvalue weighted by molar-refractivity contribution is 6.31. The molecule has 0 bridgehead atoms. The Kier molecular flexibility index (Phi) is 10.7. The van der Waals surface area contributed by atoms with Crippen LogP contribution in [0.3, 0.4) is 0 Å². The van der Waals surface area contributed by atoms with Gasteiger partial charge in [-0.2, -0.15) is 10.5 Å². The number of carbonyl (C=O) groups excluding carboxylic acids is 2. The van der Waals surface area contributed by atoms with E-state index in [4.69, 9.17) is 33.7 Å². The van der Waals surface area contributed by atoms with Gasteiger partial charge in [0.25, 0.3) is 0 Å². The number of hydrogen-bond donors (Lipinski definition) is 0. The summed E-state index contributed by atoms with van der Waals surface area (Å²) in [6.07, 6.45) is 4.80. The minimum atomic E-state index is 0.0209. The fourth-order valence-corrected chi connectivity index (χ4v) is 3.85. The Morgan fingerprint density at radius 2 is 1.15 bits per heavy atom. The first-order chi connectivity index (χ1) is 19.2. The van der Waals surface area contributed by atoms with Gasteiger partial charge < -0.3 is 0 Å². The third-order valence-corrected chi connectivity index (χ3v) is 6.23. The maximum absolute atomic E-state index is 11.2. The largest absolute Gasteiger partial charge is 0.295 e. The molecule has 40 heavy (non-hydrogen) atoms. The lowest BCUT2D eigenvalue weighted by atomic mass is 10.0. The van der Waals surface area contributed by atoms with Crippen molar-refractivity contribution in [2.75, 3.05) is 0 Å². The number of carbonyl (C=O) groups is 2. The molecule has 0 amide bonds. The van der Waals surface area contributed by atoms with Gasteiger partial charge in [-0.15, -0.1) is 0 Å². The highest BCUT2D eigenvalue weighted by Gasteiger charge is 2.04. The van der Waals surface area contributed by atoms with Gasteiger partial charge in [0, 0.05) is 34.6 Å². The summed E-state index contributed by atoms with van der Waals surface area (Å²) in [4.78, 5) is 30.2.